The van der Waals surface area contributed by atoms with Gasteiger partial charge < -0.3 is 10.5 Å². The monoisotopic (exact) mass is 332 g/mol. The minimum Gasteiger partial charge on any atom is -0.436 e. The number of benzene rings is 2. The van der Waals surface area contributed by atoms with Gasteiger partial charge in [-0.15, -0.1) is 0 Å². The predicted molar refractivity (Wildman–Crippen MR) is 80.3 cm³/mol. The van der Waals surface area contributed by atoms with Gasteiger partial charge in [-0.2, -0.15) is 0 Å². The zero-order valence-electron chi connectivity index (χ0n) is 10.3. The number of ether oxygens (including phenoxy) is 1. The fourth-order valence-corrected chi connectivity index (χ4v) is 2.44. The van der Waals surface area contributed by atoms with Gasteiger partial charge in [-0.3, -0.25) is 0 Å². The Morgan fingerprint density at radius 3 is 2.75 bits per heavy atom. The second-order valence-electron chi connectivity index (χ2n) is 4.24. The predicted octanol–water partition coefficient (Wildman–Crippen LogP) is 4.51. The molecule has 0 amide bonds. The molecule has 2 N–H and O–H groups in total. The van der Waals surface area contributed by atoms with E-state index in [1.807, 2.05) is 24.3 Å². The van der Waals surface area contributed by atoms with E-state index < -0.39 is 5.82 Å². The van der Waals surface area contributed by atoms with Crippen LogP contribution in [0.3, 0.4) is 0 Å². The highest BCUT2D eigenvalue weighted by Gasteiger charge is 2.09. The third kappa shape index (κ3) is 2.32. The van der Waals surface area contributed by atoms with Crippen molar-refractivity contribution in [1.29, 1.82) is 0 Å². The van der Waals surface area contributed by atoms with Crippen LogP contribution in [0.25, 0.3) is 10.8 Å². The van der Waals surface area contributed by atoms with Crippen molar-refractivity contribution < 1.29 is 9.13 Å². The standard InChI is InChI=1S/C15H10BrFN2O/c16-12-3-1-2-11-10(12)6-7-19-15(11)20-14-5-4-9(17)8-13(14)18/h1-8H,18H2. The maximum Gasteiger partial charge on any atom is 0.227 e. The van der Waals surface area contributed by atoms with Gasteiger partial charge in [0.2, 0.25) is 5.88 Å². The Balaban J connectivity index is 2.09. The molecule has 0 radical (unpaired) electrons. The molecule has 2 aromatic carbocycles. The van der Waals surface area contributed by atoms with E-state index in [1.165, 1.54) is 18.2 Å². The Morgan fingerprint density at radius 2 is 1.95 bits per heavy atom. The number of hydrogen-bond donors (Lipinski definition) is 1. The summed E-state index contributed by atoms with van der Waals surface area (Å²) in [7, 11) is 0. The molecule has 3 nitrogen and oxygen atoms in total. The van der Waals surface area contributed by atoms with E-state index in [9.17, 15) is 4.39 Å². The van der Waals surface area contributed by atoms with Gasteiger partial charge >= 0.3 is 0 Å². The molecule has 0 bridgehead atoms. The molecule has 0 aliphatic rings. The highest BCUT2D eigenvalue weighted by atomic mass is 79.9. The van der Waals surface area contributed by atoms with Crippen LogP contribution >= 0.6 is 15.9 Å². The first-order valence-corrected chi connectivity index (χ1v) is 6.70. The van der Waals surface area contributed by atoms with Gasteiger partial charge in [-0.1, -0.05) is 22.0 Å². The lowest BCUT2D eigenvalue weighted by molar-refractivity contribution is 0.470. The number of anilines is 1. The molecule has 3 aromatic rings. The Kier molecular flexibility index (Phi) is 3.28. The summed E-state index contributed by atoms with van der Waals surface area (Å²) in [5.41, 5.74) is 5.98. The zero-order chi connectivity index (χ0) is 14.1. The highest BCUT2D eigenvalue weighted by molar-refractivity contribution is 9.10. The van der Waals surface area contributed by atoms with Gasteiger partial charge in [0.25, 0.3) is 0 Å². The van der Waals surface area contributed by atoms with Gasteiger partial charge in [-0.25, -0.2) is 9.37 Å². The molecule has 0 fully saturated rings. The maximum absolute atomic E-state index is 13.0. The van der Waals surface area contributed by atoms with Crippen molar-refractivity contribution in [1.82, 2.24) is 4.98 Å². The molecule has 20 heavy (non-hydrogen) atoms. The second-order valence-corrected chi connectivity index (χ2v) is 5.09. The normalized spacial score (nSPS) is 10.7. The number of halogens is 2. The molecular formula is C15H10BrFN2O. The molecule has 1 aromatic heterocycles. The Hall–Kier alpha value is -2.14. The molecule has 0 atom stereocenters. The van der Waals surface area contributed by atoms with E-state index in [1.54, 1.807) is 6.20 Å². The van der Waals surface area contributed by atoms with Crippen molar-refractivity contribution in [3.05, 3.63) is 59.0 Å². The summed E-state index contributed by atoms with van der Waals surface area (Å²) < 4.78 is 19.7. The minimum absolute atomic E-state index is 0.235. The molecule has 0 aliphatic heterocycles. The first-order chi connectivity index (χ1) is 9.65. The van der Waals surface area contributed by atoms with Crippen molar-refractivity contribution in [3.8, 4) is 11.6 Å². The first-order valence-electron chi connectivity index (χ1n) is 5.91. The second kappa shape index (κ2) is 5.09. The van der Waals surface area contributed by atoms with E-state index in [0.29, 0.717) is 11.6 Å². The van der Waals surface area contributed by atoms with Crippen LogP contribution in [0.5, 0.6) is 11.6 Å². The molecule has 0 saturated heterocycles. The van der Waals surface area contributed by atoms with E-state index >= 15 is 0 Å². The molecular weight excluding hydrogens is 323 g/mol. The van der Waals surface area contributed by atoms with Crippen molar-refractivity contribution in [2.75, 3.05) is 5.73 Å². The molecule has 100 valence electrons. The lowest BCUT2D eigenvalue weighted by Crippen LogP contribution is -1.95. The van der Waals surface area contributed by atoms with Gasteiger partial charge in [0.05, 0.1) is 5.69 Å². The number of pyridine rings is 1. The van der Waals surface area contributed by atoms with Crippen LogP contribution in [0.1, 0.15) is 0 Å². The summed E-state index contributed by atoms with van der Waals surface area (Å²) in [5.74, 6) is 0.414. The fourth-order valence-electron chi connectivity index (χ4n) is 1.94. The Bertz CT molecular complexity index is 792. The van der Waals surface area contributed by atoms with Crippen molar-refractivity contribution in [2.24, 2.45) is 0 Å². The average Bonchev–Trinajstić information content (AvgIpc) is 2.43. The van der Waals surface area contributed by atoms with Gasteiger partial charge in [-0.05, 0) is 30.3 Å². The number of rotatable bonds is 2. The highest BCUT2D eigenvalue weighted by Crippen LogP contribution is 2.33. The minimum atomic E-state index is -0.400. The Labute approximate surface area is 123 Å². The topological polar surface area (TPSA) is 48.1 Å². The number of nitrogen functional groups attached to an aromatic ring is 1. The average molecular weight is 333 g/mol. The van der Waals surface area contributed by atoms with Gasteiger partial charge in [0.1, 0.15) is 5.82 Å². The third-order valence-electron chi connectivity index (χ3n) is 2.89. The number of hydrogen-bond acceptors (Lipinski definition) is 3. The zero-order valence-corrected chi connectivity index (χ0v) is 11.9. The summed E-state index contributed by atoms with van der Waals surface area (Å²) in [6.45, 7) is 0. The van der Waals surface area contributed by atoms with Crippen LogP contribution in [0.2, 0.25) is 0 Å². The summed E-state index contributed by atoms with van der Waals surface area (Å²) in [4.78, 5) is 4.21. The van der Waals surface area contributed by atoms with E-state index in [-0.39, 0.29) is 5.69 Å². The Morgan fingerprint density at radius 1 is 1.10 bits per heavy atom. The summed E-state index contributed by atoms with van der Waals surface area (Å²) in [6.07, 6.45) is 1.65. The van der Waals surface area contributed by atoms with Crippen molar-refractivity contribution in [3.63, 3.8) is 0 Å². The van der Waals surface area contributed by atoms with Crippen molar-refractivity contribution >= 4 is 32.4 Å². The summed E-state index contributed by atoms with van der Waals surface area (Å²) >= 11 is 3.48. The van der Waals surface area contributed by atoms with Gasteiger partial charge in [0, 0.05) is 27.5 Å². The molecule has 0 saturated carbocycles. The lowest BCUT2D eigenvalue weighted by atomic mass is 10.2. The SMILES string of the molecule is Nc1cc(F)ccc1Oc1nccc2c(Br)cccc12. The van der Waals surface area contributed by atoms with E-state index in [0.717, 1.165) is 15.2 Å². The quantitative estimate of drug-likeness (QED) is 0.702. The van der Waals surface area contributed by atoms with E-state index in [2.05, 4.69) is 20.9 Å². The van der Waals surface area contributed by atoms with Crippen LogP contribution in [-0.4, -0.2) is 4.98 Å². The number of aromatic nitrogens is 1. The summed E-state index contributed by atoms with van der Waals surface area (Å²) in [6, 6.07) is 11.6. The molecule has 1 heterocycles. The van der Waals surface area contributed by atoms with Crippen LogP contribution in [0, 0.1) is 5.82 Å². The summed E-state index contributed by atoms with van der Waals surface area (Å²) in [5, 5.41) is 1.84. The van der Waals surface area contributed by atoms with Crippen molar-refractivity contribution in [2.45, 2.75) is 0 Å². The van der Waals surface area contributed by atoms with Crippen LogP contribution in [0.15, 0.2) is 53.1 Å². The smallest absolute Gasteiger partial charge is 0.227 e. The van der Waals surface area contributed by atoms with Crippen LogP contribution in [0.4, 0.5) is 10.1 Å². The van der Waals surface area contributed by atoms with Crippen LogP contribution < -0.4 is 10.5 Å². The lowest BCUT2D eigenvalue weighted by Gasteiger charge is -2.10. The maximum atomic E-state index is 13.0. The largest absolute Gasteiger partial charge is 0.436 e. The number of nitrogens with zero attached hydrogens (tertiary/aromatic N) is 1. The molecule has 3 rings (SSSR count). The first kappa shape index (κ1) is 12.9. The molecule has 0 unspecified atom stereocenters. The molecule has 0 spiro atoms. The number of fused-ring (bicyclic) bond motifs is 1. The molecule has 0 aliphatic carbocycles. The van der Waals surface area contributed by atoms with E-state index in [4.69, 9.17) is 10.5 Å². The van der Waals surface area contributed by atoms with Gasteiger partial charge in [0.15, 0.2) is 5.75 Å². The molecule has 5 heteroatoms. The number of nitrogens with two attached hydrogens (primary N) is 1. The van der Waals surface area contributed by atoms with Crippen LogP contribution in [-0.2, 0) is 0 Å². The fraction of sp³-hybridized carbons (Fsp3) is 0. The third-order valence-corrected chi connectivity index (χ3v) is 3.59.